The minimum atomic E-state index is -1.43. The Bertz CT molecular complexity index is 312. The van der Waals surface area contributed by atoms with E-state index in [4.69, 9.17) is 15.4 Å². The first-order valence-electron chi connectivity index (χ1n) is 3.38. The zero-order valence-electron chi connectivity index (χ0n) is 6.83. The van der Waals surface area contributed by atoms with Crippen LogP contribution in [0.4, 0.5) is 0 Å². The van der Waals surface area contributed by atoms with Crippen molar-refractivity contribution in [2.75, 3.05) is 7.11 Å². The number of ether oxygens (including phenoxy) is 1. The van der Waals surface area contributed by atoms with Crippen molar-refractivity contribution in [1.29, 1.82) is 0 Å². The van der Waals surface area contributed by atoms with E-state index in [1.54, 1.807) is 25.3 Å². The highest BCUT2D eigenvalue weighted by Crippen LogP contribution is 2.20. The van der Waals surface area contributed by atoms with Gasteiger partial charge in [-0.05, 0) is 41.4 Å². The van der Waals surface area contributed by atoms with Gasteiger partial charge in [-0.15, -0.1) is 0 Å². The number of benzene rings is 1. The topological polar surface area (TPSA) is 26.3 Å². The first-order chi connectivity index (χ1) is 5.65. The zero-order valence-corrected chi connectivity index (χ0v) is 8.41. The molecule has 12 heavy (non-hydrogen) atoms. The minimum absolute atomic E-state index is 0.637. The fraction of sp³-hybridized carbons (Fsp3) is 0.250. The Morgan fingerprint density at radius 1 is 1.50 bits per heavy atom. The first kappa shape index (κ1) is 9.55. The number of rotatable bonds is 2. The molecule has 0 aliphatic carbocycles. The quantitative estimate of drug-likeness (QED) is 0.691. The predicted octanol–water partition coefficient (Wildman–Crippen LogP) is 2.27. The first-order valence-corrected chi connectivity index (χ1v) is 5.35. The van der Waals surface area contributed by atoms with Crippen LogP contribution >= 0.6 is 10.7 Å². The maximum absolute atomic E-state index is 10.9. The van der Waals surface area contributed by atoms with Crippen LogP contribution in [0.2, 0.25) is 0 Å². The average molecular weight is 205 g/mol. The third-order valence-corrected chi connectivity index (χ3v) is 2.86. The van der Waals surface area contributed by atoms with Crippen LogP contribution in [0.3, 0.4) is 0 Å². The second-order valence-corrected chi connectivity index (χ2v) is 4.08. The van der Waals surface area contributed by atoms with Crippen LogP contribution in [0, 0.1) is 6.92 Å². The number of aryl methyl sites for hydroxylation is 1. The van der Waals surface area contributed by atoms with E-state index in [1.807, 2.05) is 6.92 Å². The van der Waals surface area contributed by atoms with Crippen molar-refractivity contribution in [3.63, 3.8) is 0 Å². The molecular formula is C8H9ClO2S. The highest BCUT2D eigenvalue weighted by atomic mass is 35.7. The third kappa shape index (κ3) is 1.99. The molecule has 0 spiro atoms. The second kappa shape index (κ2) is 3.92. The molecule has 0 N–H and O–H groups in total. The van der Waals surface area contributed by atoms with E-state index in [0.29, 0.717) is 4.90 Å². The van der Waals surface area contributed by atoms with E-state index in [-0.39, 0.29) is 0 Å². The summed E-state index contributed by atoms with van der Waals surface area (Å²) in [4.78, 5) is 0.637. The number of hydrogen-bond acceptors (Lipinski definition) is 2. The summed E-state index contributed by atoms with van der Waals surface area (Å²) < 4.78 is 15.9. The lowest BCUT2D eigenvalue weighted by Gasteiger charge is -2.03. The van der Waals surface area contributed by atoms with Crippen molar-refractivity contribution in [3.05, 3.63) is 23.8 Å². The van der Waals surface area contributed by atoms with Crippen LogP contribution in [-0.4, -0.2) is 11.3 Å². The van der Waals surface area contributed by atoms with Crippen molar-refractivity contribution < 1.29 is 8.95 Å². The fourth-order valence-electron chi connectivity index (χ4n) is 0.929. The van der Waals surface area contributed by atoms with Gasteiger partial charge < -0.3 is 4.74 Å². The van der Waals surface area contributed by atoms with Crippen LogP contribution in [0.1, 0.15) is 5.56 Å². The Morgan fingerprint density at radius 2 is 2.17 bits per heavy atom. The lowest BCUT2D eigenvalue weighted by molar-refractivity contribution is 0.414. The molecule has 66 valence electrons. The summed E-state index contributed by atoms with van der Waals surface area (Å²) in [5.74, 6) is 0.748. The van der Waals surface area contributed by atoms with Gasteiger partial charge in [-0.1, -0.05) is 0 Å². The zero-order chi connectivity index (χ0) is 9.14. The van der Waals surface area contributed by atoms with Crippen LogP contribution in [0.25, 0.3) is 0 Å². The smallest absolute Gasteiger partial charge is 0.147 e. The van der Waals surface area contributed by atoms with E-state index >= 15 is 0 Å². The van der Waals surface area contributed by atoms with Gasteiger partial charge in [0.15, 0.2) is 0 Å². The van der Waals surface area contributed by atoms with Gasteiger partial charge in [-0.3, -0.25) is 0 Å². The fourth-order valence-corrected chi connectivity index (χ4v) is 1.94. The number of hydrogen-bond donors (Lipinski definition) is 0. The Balaban J connectivity index is 3.12. The van der Waals surface area contributed by atoms with Crippen LogP contribution in [0.5, 0.6) is 5.75 Å². The Labute approximate surface area is 78.5 Å². The van der Waals surface area contributed by atoms with E-state index in [2.05, 4.69) is 0 Å². The molecule has 1 aromatic carbocycles. The molecule has 0 heterocycles. The number of halogens is 1. The standard InChI is InChI=1S/C8H9ClO2S/c1-6-5-7(11-2)3-4-8(6)12(9)10/h3-5H,1-2H3. The lowest BCUT2D eigenvalue weighted by atomic mass is 10.2. The summed E-state index contributed by atoms with van der Waals surface area (Å²) in [5, 5.41) is 0. The molecule has 0 amide bonds. The molecule has 2 nitrogen and oxygen atoms in total. The molecule has 0 aliphatic rings. The van der Waals surface area contributed by atoms with Crippen molar-refractivity contribution in [2.24, 2.45) is 0 Å². The monoisotopic (exact) mass is 204 g/mol. The van der Waals surface area contributed by atoms with Crippen molar-refractivity contribution >= 4 is 20.7 Å². The Morgan fingerprint density at radius 3 is 2.58 bits per heavy atom. The van der Waals surface area contributed by atoms with Crippen LogP contribution in [-0.2, 0) is 10.0 Å². The van der Waals surface area contributed by atoms with Gasteiger partial charge in [-0.25, -0.2) is 4.21 Å². The van der Waals surface area contributed by atoms with Gasteiger partial charge in [0.1, 0.15) is 15.8 Å². The van der Waals surface area contributed by atoms with Crippen molar-refractivity contribution in [2.45, 2.75) is 11.8 Å². The molecule has 1 rings (SSSR count). The SMILES string of the molecule is COc1ccc(S(=O)Cl)c(C)c1. The molecule has 0 fully saturated rings. The predicted molar refractivity (Wildman–Crippen MR) is 50.0 cm³/mol. The summed E-state index contributed by atoms with van der Waals surface area (Å²) in [6.07, 6.45) is 0. The van der Waals surface area contributed by atoms with Crippen LogP contribution in [0.15, 0.2) is 23.1 Å². The third-order valence-electron chi connectivity index (χ3n) is 1.55. The van der Waals surface area contributed by atoms with Gasteiger partial charge in [0.2, 0.25) is 0 Å². The molecule has 1 atom stereocenters. The van der Waals surface area contributed by atoms with Gasteiger partial charge in [-0.2, -0.15) is 0 Å². The number of methoxy groups -OCH3 is 1. The minimum Gasteiger partial charge on any atom is -0.497 e. The summed E-state index contributed by atoms with van der Waals surface area (Å²) >= 11 is 0. The lowest BCUT2D eigenvalue weighted by Crippen LogP contribution is -1.89. The van der Waals surface area contributed by atoms with Gasteiger partial charge >= 0.3 is 0 Å². The Kier molecular flexibility index (Phi) is 3.12. The van der Waals surface area contributed by atoms with E-state index < -0.39 is 10.0 Å². The molecule has 1 unspecified atom stereocenters. The Hall–Kier alpha value is -0.540. The molecule has 0 saturated carbocycles. The van der Waals surface area contributed by atoms with Gasteiger partial charge in [0.05, 0.1) is 12.0 Å². The molecule has 0 radical (unpaired) electrons. The normalized spacial score (nSPS) is 12.6. The molecular weight excluding hydrogens is 196 g/mol. The second-order valence-electron chi connectivity index (χ2n) is 2.35. The molecule has 0 bridgehead atoms. The molecule has 0 saturated heterocycles. The van der Waals surface area contributed by atoms with E-state index in [0.717, 1.165) is 11.3 Å². The van der Waals surface area contributed by atoms with Crippen molar-refractivity contribution in [1.82, 2.24) is 0 Å². The summed E-state index contributed by atoms with van der Waals surface area (Å²) in [6.45, 7) is 1.85. The van der Waals surface area contributed by atoms with E-state index in [1.165, 1.54) is 0 Å². The molecule has 4 heteroatoms. The average Bonchev–Trinajstić information content (AvgIpc) is 2.03. The summed E-state index contributed by atoms with van der Waals surface area (Å²) in [6, 6.07) is 5.25. The van der Waals surface area contributed by atoms with E-state index in [9.17, 15) is 4.21 Å². The van der Waals surface area contributed by atoms with Gasteiger partial charge in [0, 0.05) is 0 Å². The maximum Gasteiger partial charge on any atom is 0.147 e. The van der Waals surface area contributed by atoms with Crippen LogP contribution < -0.4 is 4.74 Å². The molecule has 1 aromatic rings. The highest BCUT2D eigenvalue weighted by molar-refractivity contribution is 8.08. The molecule has 0 aromatic heterocycles. The molecule has 0 aliphatic heterocycles. The summed E-state index contributed by atoms with van der Waals surface area (Å²) in [7, 11) is 5.59. The van der Waals surface area contributed by atoms with Crippen molar-refractivity contribution in [3.8, 4) is 5.75 Å². The highest BCUT2D eigenvalue weighted by Gasteiger charge is 2.04. The largest absolute Gasteiger partial charge is 0.497 e. The summed E-state index contributed by atoms with van der Waals surface area (Å²) in [5.41, 5.74) is 0.877. The maximum atomic E-state index is 10.9. The van der Waals surface area contributed by atoms with Gasteiger partial charge in [0.25, 0.3) is 0 Å².